The Balaban J connectivity index is 1.57. The Kier molecular flexibility index (Phi) is 5.03. The molecule has 1 aliphatic heterocycles. The lowest BCUT2D eigenvalue weighted by Gasteiger charge is -2.18. The minimum atomic E-state index is -0.325. The average molecular weight is 404 g/mol. The van der Waals surface area contributed by atoms with E-state index in [2.05, 4.69) is 16.7 Å². The highest BCUT2D eigenvalue weighted by molar-refractivity contribution is 7.99. The van der Waals surface area contributed by atoms with Crippen LogP contribution in [0.3, 0.4) is 0 Å². The highest BCUT2D eigenvalue weighted by Crippen LogP contribution is 2.41. The van der Waals surface area contributed by atoms with E-state index in [0.717, 1.165) is 32.3 Å². The maximum atomic E-state index is 12.9. The molecule has 0 aliphatic carbocycles. The molecule has 3 amide bonds. The van der Waals surface area contributed by atoms with Gasteiger partial charge in [-0.05, 0) is 67.4 Å². The van der Waals surface area contributed by atoms with Gasteiger partial charge in [0.25, 0.3) is 5.91 Å². The third-order valence-corrected chi connectivity index (χ3v) is 5.84. The van der Waals surface area contributed by atoms with E-state index in [1.165, 1.54) is 0 Å². The van der Waals surface area contributed by atoms with Gasteiger partial charge in [-0.1, -0.05) is 30.0 Å². The molecule has 29 heavy (non-hydrogen) atoms. The average Bonchev–Trinajstić information content (AvgIpc) is 2.77. The number of aryl methyl sites for hydroxylation is 2. The fourth-order valence-electron chi connectivity index (χ4n) is 3.42. The Bertz CT molecular complexity index is 1110. The molecule has 0 aromatic heterocycles. The van der Waals surface area contributed by atoms with Crippen molar-refractivity contribution in [3.63, 3.8) is 0 Å². The SMILES string of the molecule is Cc1cc(C)cc(NC(=O)Nc2ccc3c(c2)N(C)C(=O)c2ccccc2S3)c1. The molecule has 1 aliphatic rings. The summed E-state index contributed by atoms with van der Waals surface area (Å²) in [5.74, 6) is -0.0660. The standard InChI is InChI=1S/C23H21N3O2S/c1-14-10-15(2)12-17(11-14)25-23(28)24-16-8-9-21-19(13-16)26(3)22(27)18-6-4-5-7-20(18)29-21/h4-13H,1-3H3,(H2,24,25,28). The van der Waals surface area contributed by atoms with E-state index in [9.17, 15) is 9.59 Å². The summed E-state index contributed by atoms with van der Waals surface area (Å²) in [6.45, 7) is 3.98. The van der Waals surface area contributed by atoms with Gasteiger partial charge in [-0.3, -0.25) is 4.79 Å². The Hall–Kier alpha value is -3.25. The van der Waals surface area contributed by atoms with Gasteiger partial charge in [0.05, 0.1) is 11.3 Å². The quantitative estimate of drug-likeness (QED) is 0.578. The molecule has 0 atom stereocenters. The number of anilines is 3. The summed E-state index contributed by atoms with van der Waals surface area (Å²) in [4.78, 5) is 28.8. The van der Waals surface area contributed by atoms with Crippen molar-refractivity contribution in [3.8, 4) is 0 Å². The molecule has 0 fully saturated rings. The van der Waals surface area contributed by atoms with Gasteiger partial charge < -0.3 is 15.5 Å². The van der Waals surface area contributed by atoms with E-state index in [1.54, 1.807) is 23.7 Å². The lowest BCUT2D eigenvalue weighted by molar-refractivity contribution is 0.0990. The molecular formula is C23H21N3O2S. The van der Waals surface area contributed by atoms with E-state index in [-0.39, 0.29) is 11.9 Å². The fraction of sp³-hybridized carbons (Fsp3) is 0.130. The first kappa shape index (κ1) is 19.1. The van der Waals surface area contributed by atoms with Crippen LogP contribution in [-0.2, 0) is 0 Å². The van der Waals surface area contributed by atoms with E-state index in [0.29, 0.717) is 11.3 Å². The lowest BCUT2D eigenvalue weighted by Crippen LogP contribution is -2.26. The third-order valence-electron chi connectivity index (χ3n) is 4.70. The van der Waals surface area contributed by atoms with Crippen molar-refractivity contribution in [1.82, 2.24) is 0 Å². The molecule has 4 rings (SSSR count). The molecule has 6 heteroatoms. The molecule has 0 saturated carbocycles. The number of rotatable bonds is 2. The molecule has 1 heterocycles. The lowest BCUT2D eigenvalue weighted by atomic mass is 10.1. The van der Waals surface area contributed by atoms with Crippen molar-refractivity contribution in [1.29, 1.82) is 0 Å². The number of carbonyl (C=O) groups is 2. The van der Waals surface area contributed by atoms with E-state index >= 15 is 0 Å². The molecule has 2 N–H and O–H groups in total. The number of nitrogens with one attached hydrogen (secondary N) is 2. The van der Waals surface area contributed by atoms with Crippen LogP contribution in [0.25, 0.3) is 0 Å². The summed E-state index contributed by atoms with van der Waals surface area (Å²) in [6, 6.07) is 18.8. The summed E-state index contributed by atoms with van der Waals surface area (Å²) in [7, 11) is 1.75. The summed E-state index contributed by atoms with van der Waals surface area (Å²) in [5, 5.41) is 5.72. The number of benzene rings is 3. The van der Waals surface area contributed by atoms with Crippen molar-refractivity contribution >= 4 is 40.8 Å². The third kappa shape index (κ3) is 3.98. The summed E-state index contributed by atoms with van der Waals surface area (Å²) in [6.07, 6.45) is 0. The van der Waals surface area contributed by atoms with Crippen LogP contribution < -0.4 is 15.5 Å². The first-order valence-electron chi connectivity index (χ1n) is 9.26. The van der Waals surface area contributed by atoms with Crippen LogP contribution in [-0.4, -0.2) is 19.0 Å². The monoisotopic (exact) mass is 403 g/mol. The van der Waals surface area contributed by atoms with Gasteiger partial charge in [0.1, 0.15) is 0 Å². The maximum absolute atomic E-state index is 12.9. The Morgan fingerprint density at radius 2 is 1.55 bits per heavy atom. The van der Waals surface area contributed by atoms with Crippen molar-refractivity contribution in [2.45, 2.75) is 23.6 Å². The van der Waals surface area contributed by atoms with Crippen LogP contribution in [0.4, 0.5) is 21.9 Å². The molecule has 0 radical (unpaired) electrons. The number of amides is 3. The van der Waals surface area contributed by atoms with Crippen LogP contribution in [0.1, 0.15) is 21.5 Å². The van der Waals surface area contributed by atoms with E-state index in [1.807, 2.05) is 68.4 Å². The number of carbonyl (C=O) groups excluding carboxylic acids is 2. The number of fused-ring (bicyclic) bond motifs is 2. The number of hydrogen-bond donors (Lipinski definition) is 2. The Morgan fingerprint density at radius 1 is 0.862 bits per heavy atom. The zero-order chi connectivity index (χ0) is 20.5. The van der Waals surface area contributed by atoms with Crippen molar-refractivity contribution < 1.29 is 9.59 Å². The topological polar surface area (TPSA) is 61.4 Å². The van der Waals surface area contributed by atoms with Gasteiger partial charge in [0, 0.05) is 28.2 Å². The zero-order valence-corrected chi connectivity index (χ0v) is 17.3. The molecule has 0 spiro atoms. The number of urea groups is 1. The smallest absolute Gasteiger partial charge is 0.310 e. The number of nitrogens with zero attached hydrogens (tertiary/aromatic N) is 1. The highest BCUT2D eigenvalue weighted by atomic mass is 32.2. The van der Waals surface area contributed by atoms with Crippen LogP contribution in [0, 0.1) is 13.8 Å². The summed E-state index contributed by atoms with van der Waals surface area (Å²) >= 11 is 1.55. The summed E-state index contributed by atoms with van der Waals surface area (Å²) < 4.78 is 0. The Labute approximate surface area is 174 Å². The molecule has 146 valence electrons. The second kappa shape index (κ2) is 7.64. The van der Waals surface area contributed by atoms with Crippen LogP contribution in [0.2, 0.25) is 0 Å². The second-order valence-corrected chi connectivity index (χ2v) is 8.18. The Morgan fingerprint density at radius 3 is 2.31 bits per heavy atom. The molecule has 3 aromatic carbocycles. The molecule has 3 aromatic rings. The molecule has 5 nitrogen and oxygen atoms in total. The van der Waals surface area contributed by atoms with Crippen LogP contribution in [0.15, 0.2) is 70.5 Å². The van der Waals surface area contributed by atoms with Crippen molar-refractivity contribution in [2.24, 2.45) is 0 Å². The van der Waals surface area contributed by atoms with Crippen molar-refractivity contribution in [3.05, 3.63) is 77.4 Å². The predicted molar refractivity (Wildman–Crippen MR) is 118 cm³/mol. The van der Waals surface area contributed by atoms with Gasteiger partial charge in [0.2, 0.25) is 0 Å². The van der Waals surface area contributed by atoms with Gasteiger partial charge in [-0.25, -0.2) is 4.79 Å². The number of hydrogen-bond acceptors (Lipinski definition) is 3. The minimum absolute atomic E-state index is 0.0660. The van der Waals surface area contributed by atoms with Crippen LogP contribution in [0.5, 0.6) is 0 Å². The maximum Gasteiger partial charge on any atom is 0.323 e. The fourth-order valence-corrected chi connectivity index (χ4v) is 4.51. The molecule has 0 unspecified atom stereocenters. The molecule has 0 saturated heterocycles. The van der Waals surface area contributed by atoms with Gasteiger partial charge >= 0.3 is 6.03 Å². The highest BCUT2D eigenvalue weighted by Gasteiger charge is 2.24. The van der Waals surface area contributed by atoms with Gasteiger partial charge in [-0.2, -0.15) is 0 Å². The van der Waals surface area contributed by atoms with Gasteiger partial charge in [0.15, 0.2) is 0 Å². The van der Waals surface area contributed by atoms with Crippen LogP contribution >= 0.6 is 11.8 Å². The van der Waals surface area contributed by atoms with Crippen molar-refractivity contribution in [2.75, 3.05) is 22.6 Å². The van der Waals surface area contributed by atoms with E-state index in [4.69, 9.17) is 0 Å². The largest absolute Gasteiger partial charge is 0.323 e. The summed E-state index contributed by atoms with van der Waals surface area (Å²) in [5.41, 5.74) is 4.98. The van der Waals surface area contributed by atoms with E-state index < -0.39 is 0 Å². The van der Waals surface area contributed by atoms with Gasteiger partial charge in [-0.15, -0.1) is 0 Å². The minimum Gasteiger partial charge on any atom is -0.310 e. The molecule has 0 bridgehead atoms. The predicted octanol–water partition coefficient (Wildman–Crippen LogP) is 5.69. The normalized spacial score (nSPS) is 12.7. The first-order chi connectivity index (χ1) is 13.9. The molecular weight excluding hydrogens is 382 g/mol. The second-order valence-electron chi connectivity index (χ2n) is 7.10. The first-order valence-corrected chi connectivity index (χ1v) is 10.1. The zero-order valence-electron chi connectivity index (χ0n) is 16.4.